The van der Waals surface area contributed by atoms with Crippen LogP contribution in [0.1, 0.15) is 20.9 Å². The van der Waals surface area contributed by atoms with Crippen molar-refractivity contribution >= 4 is 28.1 Å². The zero-order chi connectivity index (χ0) is 15.8. The number of carboxylic acids is 1. The number of alkyl halides is 3. The first kappa shape index (κ1) is 15.2. The number of nitrogens with one attached hydrogen (secondary N) is 1. The van der Waals surface area contributed by atoms with Gasteiger partial charge in [0.05, 0.1) is 5.56 Å². The van der Waals surface area contributed by atoms with Gasteiger partial charge < -0.3 is 10.4 Å². The van der Waals surface area contributed by atoms with Crippen molar-refractivity contribution in [1.82, 2.24) is 4.98 Å². The van der Waals surface area contributed by atoms with Crippen LogP contribution in [0, 0.1) is 12.7 Å². The fourth-order valence-corrected chi connectivity index (χ4v) is 2.42. The summed E-state index contributed by atoms with van der Waals surface area (Å²) in [5.41, 5.74) is -1.62. The second-order valence-corrected chi connectivity index (χ2v) is 5.25. The molecular weight excluding hydrogens is 312 g/mol. The number of hydrogen-bond acceptors (Lipinski definition) is 4. The molecule has 0 radical (unpaired) electrons. The molecule has 0 saturated heterocycles. The van der Waals surface area contributed by atoms with E-state index in [1.807, 2.05) is 0 Å². The van der Waals surface area contributed by atoms with E-state index >= 15 is 0 Å². The van der Waals surface area contributed by atoms with Gasteiger partial charge in [-0.15, -0.1) is 11.3 Å². The van der Waals surface area contributed by atoms with Crippen molar-refractivity contribution in [3.63, 3.8) is 0 Å². The number of carbonyl (C=O) groups is 1. The average molecular weight is 320 g/mol. The van der Waals surface area contributed by atoms with Crippen molar-refractivity contribution < 1.29 is 27.5 Å². The Kier molecular flexibility index (Phi) is 3.86. The van der Waals surface area contributed by atoms with Crippen molar-refractivity contribution in [3.8, 4) is 0 Å². The van der Waals surface area contributed by atoms with Crippen LogP contribution in [0.2, 0.25) is 0 Å². The minimum Gasteiger partial charge on any atom is -0.476 e. The van der Waals surface area contributed by atoms with Crippen molar-refractivity contribution in [2.75, 3.05) is 5.32 Å². The van der Waals surface area contributed by atoms with Gasteiger partial charge in [0.15, 0.2) is 10.8 Å². The van der Waals surface area contributed by atoms with Crippen LogP contribution in [0.25, 0.3) is 0 Å². The number of benzene rings is 1. The molecule has 0 bridgehead atoms. The van der Waals surface area contributed by atoms with Gasteiger partial charge >= 0.3 is 12.1 Å². The summed E-state index contributed by atoms with van der Waals surface area (Å²) >= 11 is 0.977. The molecule has 1 aromatic carbocycles. The van der Waals surface area contributed by atoms with Gasteiger partial charge in [-0.3, -0.25) is 0 Å². The minimum absolute atomic E-state index is 0.0330. The number of halogens is 4. The van der Waals surface area contributed by atoms with Crippen LogP contribution in [0.15, 0.2) is 18.2 Å². The first-order chi connectivity index (χ1) is 9.68. The van der Waals surface area contributed by atoms with Crippen molar-refractivity contribution in [3.05, 3.63) is 40.2 Å². The first-order valence-electron chi connectivity index (χ1n) is 5.53. The zero-order valence-electron chi connectivity index (χ0n) is 10.5. The quantitative estimate of drug-likeness (QED) is 0.838. The lowest BCUT2D eigenvalue weighted by Gasteiger charge is -2.10. The van der Waals surface area contributed by atoms with Crippen molar-refractivity contribution in [2.24, 2.45) is 0 Å². The molecule has 112 valence electrons. The minimum atomic E-state index is -4.81. The van der Waals surface area contributed by atoms with Gasteiger partial charge in [-0.05, 0) is 25.1 Å². The Hall–Kier alpha value is -2.16. The molecule has 0 aliphatic rings. The molecule has 2 aromatic rings. The van der Waals surface area contributed by atoms with E-state index in [1.165, 1.54) is 6.92 Å². The van der Waals surface area contributed by atoms with Crippen molar-refractivity contribution in [2.45, 2.75) is 13.1 Å². The summed E-state index contributed by atoms with van der Waals surface area (Å²) < 4.78 is 50.9. The van der Waals surface area contributed by atoms with Crippen LogP contribution in [0.5, 0.6) is 0 Å². The summed E-state index contributed by atoms with van der Waals surface area (Å²) in [6, 6.07) is 2.40. The first-order valence-corrected chi connectivity index (χ1v) is 6.34. The van der Waals surface area contributed by atoms with Gasteiger partial charge in [0.1, 0.15) is 5.82 Å². The van der Waals surface area contributed by atoms with Gasteiger partial charge in [-0.1, -0.05) is 0 Å². The Balaban J connectivity index is 2.32. The molecule has 0 aliphatic carbocycles. The maximum atomic E-state index is 13.1. The standard InChI is InChI=1S/C12H8F4N2O2S/c1-5-9(10(19)20)18-11(21-5)17-6-2-3-8(13)7(4-6)12(14,15)16/h2-4H,1H3,(H,17,18)(H,19,20). The Bertz CT molecular complexity index is 697. The highest BCUT2D eigenvalue weighted by molar-refractivity contribution is 7.15. The predicted molar refractivity (Wildman–Crippen MR) is 68.5 cm³/mol. The summed E-state index contributed by atoms with van der Waals surface area (Å²) in [4.78, 5) is 15.0. The molecule has 2 rings (SSSR count). The molecule has 2 N–H and O–H groups in total. The third-order valence-electron chi connectivity index (χ3n) is 2.52. The van der Waals surface area contributed by atoms with Crippen molar-refractivity contribution in [1.29, 1.82) is 0 Å². The van der Waals surface area contributed by atoms with E-state index in [1.54, 1.807) is 0 Å². The molecule has 21 heavy (non-hydrogen) atoms. The molecule has 0 amide bonds. The van der Waals surface area contributed by atoms with Crippen LogP contribution in [0.3, 0.4) is 0 Å². The fourth-order valence-electron chi connectivity index (χ4n) is 1.59. The number of aromatic carboxylic acids is 1. The summed E-state index contributed by atoms with van der Waals surface area (Å²) in [5, 5.41) is 11.5. The van der Waals surface area contributed by atoms with Gasteiger partial charge in [0.25, 0.3) is 0 Å². The molecule has 0 atom stereocenters. The van der Waals surface area contributed by atoms with E-state index < -0.39 is 23.5 Å². The van der Waals surface area contributed by atoms with Crippen LogP contribution in [-0.2, 0) is 6.18 Å². The van der Waals surface area contributed by atoms with Crippen LogP contribution < -0.4 is 5.32 Å². The fraction of sp³-hybridized carbons (Fsp3) is 0.167. The Morgan fingerprint density at radius 1 is 1.38 bits per heavy atom. The summed E-state index contributed by atoms with van der Waals surface area (Å²) in [6.07, 6.45) is -4.81. The molecule has 0 saturated carbocycles. The largest absolute Gasteiger partial charge is 0.476 e. The highest BCUT2D eigenvalue weighted by Gasteiger charge is 2.34. The van der Waals surface area contributed by atoms with E-state index in [-0.39, 0.29) is 16.5 Å². The van der Waals surface area contributed by atoms with Crippen LogP contribution >= 0.6 is 11.3 Å². The van der Waals surface area contributed by atoms with Gasteiger partial charge in [0, 0.05) is 10.6 Å². The number of rotatable bonds is 3. The number of carboxylic acid groups (broad SMARTS) is 1. The van der Waals surface area contributed by atoms with Gasteiger partial charge in [0.2, 0.25) is 0 Å². The zero-order valence-corrected chi connectivity index (χ0v) is 11.3. The third-order valence-corrected chi connectivity index (χ3v) is 3.41. The normalized spacial score (nSPS) is 11.5. The molecule has 0 unspecified atom stereocenters. The van der Waals surface area contributed by atoms with E-state index in [4.69, 9.17) is 5.11 Å². The number of hydrogen-bond donors (Lipinski definition) is 2. The summed E-state index contributed by atoms with van der Waals surface area (Å²) in [5.74, 6) is -2.61. The van der Waals surface area contributed by atoms with E-state index in [0.717, 1.165) is 17.4 Å². The SMILES string of the molecule is Cc1sc(Nc2ccc(F)c(C(F)(F)F)c2)nc1C(=O)O. The number of aromatic nitrogens is 1. The second-order valence-electron chi connectivity index (χ2n) is 4.05. The van der Waals surface area contributed by atoms with Gasteiger partial charge in [-0.2, -0.15) is 13.2 Å². The maximum Gasteiger partial charge on any atom is 0.419 e. The van der Waals surface area contributed by atoms with E-state index in [2.05, 4.69) is 10.3 Å². The van der Waals surface area contributed by atoms with E-state index in [9.17, 15) is 22.4 Å². The third kappa shape index (κ3) is 3.30. The molecule has 0 spiro atoms. The lowest BCUT2D eigenvalue weighted by atomic mass is 10.2. The topological polar surface area (TPSA) is 62.2 Å². The lowest BCUT2D eigenvalue weighted by molar-refractivity contribution is -0.139. The molecule has 1 aromatic heterocycles. The smallest absolute Gasteiger partial charge is 0.419 e. The molecule has 1 heterocycles. The highest BCUT2D eigenvalue weighted by Crippen LogP contribution is 2.34. The maximum absolute atomic E-state index is 13.1. The molecule has 0 aliphatic heterocycles. The number of aryl methyl sites for hydroxylation is 1. The second kappa shape index (κ2) is 5.32. The monoisotopic (exact) mass is 320 g/mol. The molecule has 0 fully saturated rings. The van der Waals surface area contributed by atoms with E-state index in [0.29, 0.717) is 17.0 Å². The number of thiazole rings is 1. The number of nitrogens with zero attached hydrogens (tertiary/aromatic N) is 1. The molecule has 4 nitrogen and oxygen atoms in total. The Labute approximate surface area is 120 Å². The predicted octanol–water partition coefficient (Wildman–Crippen LogP) is 4.05. The van der Waals surface area contributed by atoms with Gasteiger partial charge in [-0.25, -0.2) is 14.2 Å². The van der Waals surface area contributed by atoms with Crippen LogP contribution in [0.4, 0.5) is 28.4 Å². The Morgan fingerprint density at radius 2 is 2.05 bits per heavy atom. The highest BCUT2D eigenvalue weighted by atomic mass is 32.1. The average Bonchev–Trinajstić information content (AvgIpc) is 2.71. The Morgan fingerprint density at radius 3 is 2.57 bits per heavy atom. The lowest BCUT2D eigenvalue weighted by Crippen LogP contribution is -2.08. The number of anilines is 2. The molecule has 9 heteroatoms. The molecular formula is C12H8F4N2O2S. The van der Waals surface area contributed by atoms with Crippen LogP contribution in [-0.4, -0.2) is 16.1 Å². The summed E-state index contributed by atoms with van der Waals surface area (Å²) in [6.45, 7) is 1.53. The summed E-state index contributed by atoms with van der Waals surface area (Å²) in [7, 11) is 0.